The Morgan fingerprint density at radius 1 is 1.00 bits per heavy atom. The van der Waals surface area contributed by atoms with Gasteiger partial charge in [-0.2, -0.15) is 0 Å². The highest BCUT2D eigenvalue weighted by Gasteiger charge is 2.28. The van der Waals surface area contributed by atoms with E-state index < -0.39 is 0 Å². The Morgan fingerprint density at radius 2 is 1.76 bits per heavy atom. The van der Waals surface area contributed by atoms with Crippen LogP contribution in [-0.2, 0) is 6.42 Å². The summed E-state index contributed by atoms with van der Waals surface area (Å²) in [4.78, 5) is 15.7. The Hall–Kier alpha value is -2.77. The number of piperidine rings is 1. The van der Waals surface area contributed by atoms with Crippen LogP contribution in [0.1, 0.15) is 42.9 Å². The highest BCUT2D eigenvalue weighted by Crippen LogP contribution is 2.50. The Balaban J connectivity index is 1.76. The van der Waals surface area contributed by atoms with Gasteiger partial charge in [0.1, 0.15) is 0 Å². The molecule has 2 N–H and O–H groups in total. The molecule has 184 valence electrons. The van der Waals surface area contributed by atoms with Gasteiger partial charge in [-0.05, 0) is 80.7 Å². The highest BCUT2D eigenvalue weighted by molar-refractivity contribution is 5.83. The van der Waals surface area contributed by atoms with Crippen LogP contribution in [0.3, 0.4) is 0 Å². The van der Waals surface area contributed by atoms with Gasteiger partial charge in [0.15, 0.2) is 11.5 Å². The number of fused-ring (bicyclic) bond motifs is 3. The molecule has 34 heavy (non-hydrogen) atoms. The summed E-state index contributed by atoms with van der Waals surface area (Å²) in [6, 6.07) is 7.82. The molecule has 7 heteroatoms. The van der Waals surface area contributed by atoms with E-state index in [4.69, 9.17) is 14.2 Å². The molecular weight excluding hydrogens is 430 g/mol. The Labute approximate surface area is 202 Å². The maximum Gasteiger partial charge on any atom is 0.203 e. The number of likely N-dealkylation sites (tertiary alicyclic amines) is 1. The highest BCUT2D eigenvalue weighted by atomic mass is 16.5. The molecule has 1 atom stereocenters. The van der Waals surface area contributed by atoms with Gasteiger partial charge in [-0.3, -0.25) is 4.79 Å². The molecule has 1 fully saturated rings. The van der Waals surface area contributed by atoms with Gasteiger partial charge in [-0.15, -0.1) is 0 Å². The number of methoxy groups -OCH3 is 3. The molecule has 4 rings (SSSR count). The lowest BCUT2D eigenvalue weighted by Gasteiger charge is -2.26. The molecule has 2 aromatic carbocycles. The van der Waals surface area contributed by atoms with Crippen molar-refractivity contribution in [3.8, 4) is 28.4 Å². The molecule has 0 radical (unpaired) electrons. The maximum absolute atomic E-state index is 13.3. The van der Waals surface area contributed by atoms with E-state index in [1.807, 2.05) is 25.2 Å². The summed E-state index contributed by atoms with van der Waals surface area (Å²) in [5, 5.41) is 6.80. The number of aryl methyl sites for hydroxylation is 1. The monoisotopic (exact) mass is 467 g/mol. The second-order valence-corrected chi connectivity index (χ2v) is 9.01. The van der Waals surface area contributed by atoms with E-state index in [2.05, 4.69) is 15.5 Å². The number of ether oxygens (including phenoxy) is 3. The lowest BCUT2D eigenvalue weighted by molar-refractivity contribution is 0.237. The van der Waals surface area contributed by atoms with Gasteiger partial charge in [0.2, 0.25) is 11.2 Å². The van der Waals surface area contributed by atoms with E-state index in [9.17, 15) is 4.79 Å². The van der Waals surface area contributed by atoms with Crippen LogP contribution in [0.5, 0.6) is 17.2 Å². The van der Waals surface area contributed by atoms with Crippen molar-refractivity contribution in [2.45, 2.75) is 38.1 Å². The quantitative estimate of drug-likeness (QED) is 0.611. The fourth-order valence-corrected chi connectivity index (χ4v) is 5.29. The standard InChI is InChI=1S/C27H37N3O4/c1-28-21-10-8-18-16-24(32-2)26(33-3)27(34-4)25(18)19-9-11-22(23(31)17-20(19)21)29-12-15-30-13-6-5-7-14-30/h9,11,16-17,21,28H,5-8,10,12-15H2,1-4H3,(H,29,31). The summed E-state index contributed by atoms with van der Waals surface area (Å²) in [6.07, 6.45) is 5.53. The molecular formula is C27H37N3O4. The van der Waals surface area contributed by atoms with Gasteiger partial charge in [-0.25, -0.2) is 0 Å². The number of rotatable bonds is 8. The van der Waals surface area contributed by atoms with Crippen LogP contribution in [0.25, 0.3) is 11.1 Å². The van der Waals surface area contributed by atoms with E-state index in [0.29, 0.717) is 22.9 Å². The first-order valence-electron chi connectivity index (χ1n) is 12.2. The second-order valence-electron chi connectivity index (χ2n) is 9.01. The molecule has 7 nitrogen and oxygen atoms in total. The van der Waals surface area contributed by atoms with E-state index in [1.165, 1.54) is 19.3 Å². The molecule has 1 unspecified atom stereocenters. The minimum atomic E-state index is 0.00281. The van der Waals surface area contributed by atoms with E-state index in [0.717, 1.165) is 61.3 Å². The maximum atomic E-state index is 13.3. The second kappa shape index (κ2) is 11.1. The third-order valence-electron chi connectivity index (χ3n) is 7.08. The number of nitrogens with one attached hydrogen (secondary N) is 2. The lowest BCUT2D eigenvalue weighted by Crippen LogP contribution is -2.34. The van der Waals surface area contributed by atoms with Crippen LogP contribution in [0.15, 0.2) is 29.1 Å². The minimum Gasteiger partial charge on any atom is -0.493 e. The third-order valence-corrected chi connectivity index (χ3v) is 7.08. The fraction of sp³-hybridized carbons (Fsp3) is 0.519. The summed E-state index contributed by atoms with van der Waals surface area (Å²) in [7, 11) is 6.84. The van der Waals surface area contributed by atoms with Crippen molar-refractivity contribution < 1.29 is 14.2 Å². The van der Waals surface area contributed by atoms with Crippen molar-refractivity contribution in [1.82, 2.24) is 10.2 Å². The average molecular weight is 468 g/mol. The molecule has 1 heterocycles. The summed E-state index contributed by atoms with van der Waals surface area (Å²) >= 11 is 0. The van der Waals surface area contributed by atoms with Gasteiger partial charge in [0.25, 0.3) is 0 Å². The van der Waals surface area contributed by atoms with Crippen molar-refractivity contribution in [2.75, 3.05) is 59.9 Å². The van der Waals surface area contributed by atoms with Crippen LogP contribution in [-0.4, -0.2) is 59.5 Å². The average Bonchev–Trinajstić information content (AvgIpc) is 3.11. The molecule has 1 saturated heterocycles. The number of anilines is 1. The first kappa shape index (κ1) is 24.4. The Morgan fingerprint density at radius 3 is 2.44 bits per heavy atom. The van der Waals surface area contributed by atoms with E-state index in [-0.39, 0.29) is 11.5 Å². The van der Waals surface area contributed by atoms with Crippen LogP contribution >= 0.6 is 0 Å². The van der Waals surface area contributed by atoms with E-state index >= 15 is 0 Å². The molecule has 2 aromatic rings. The van der Waals surface area contributed by atoms with Gasteiger partial charge < -0.3 is 29.7 Å². The van der Waals surface area contributed by atoms with E-state index in [1.54, 1.807) is 27.4 Å². The molecule has 0 aromatic heterocycles. The van der Waals surface area contributed by atoms with Crippen LogP contribution < -0.4 is 30.3 Å². The predicted molar refractivity (Wildman–Crippen MR) is 137 cm³/mol. The smallest absolute Gasteiger partial charge is 0.203 e. The van der Waals surface area contributed by atoms with Gasteiger partial charge in [0, 0.05) is 24.7 Å². The third kappa shape index (κ3) is 4.86. The van der Waals surface area contributed by atoms with Crippen molar-refractivity contribution in [2.24, 2.45) is 0 Å². The van der Waals surface area contributed by atoms with Gasteiger partial charge in [-0.1, -0.05) is 12.5 Å². The summed E-state index contributed by atoms with van der Waals surface area (Å²) < 4.78 is 17.1. The number of hydrogen-bond donors (Lipinski definition) is 2. The zero-order valence-electron chi connectivity index (χ0n) is 20.8. The fourth-order valence-electron chi connectivity index (χ4n) is 5.29. The predicted octanol–water partition coefficient (Wildman–Crippen LogP) is 3.84. The first-order valence-corrected chi connectivity index (χ1v) is 12.2. The molecule has 2 aliphatic rings. The number of benzene rings is 1. The van der Waals surface area contributed by atoms with Crippen molar-refractivity contribution in [3.05, 3.63) is 45.6 Å². The Kier molecular flexibility index (Phi) is 7.95. The van der Waals surface area contributed by atoms with Crippen LogP contribution in [0.4, 0.5) is 5.69 Å². The summed E-state index contributed by atoms with van der Waals surface area (Å²) in [5.74, 6) is 1.84. The normalized spacial score (nSPS) is 17.8. The Bertz CT molecular complexity index is 1070. The van der Waals surface area contributed by atoms with Crippen LogP contribution in [0.2, 0.25) is 0 Å². The molecule has 0 bridgehead atoms. The number of nitrogens with zero attached hydrogens (tertiary/aromatic N) is 1. The molecule has 0 saturated carbocycles. The van der Waals surface area contributed by atoms with Gasteiger partial charge in [0.05, 0.1) is 27.0 Å². The van der Waals surface area contributed by atoms with Crippen molar-refractivity contribution in [1.29, 1.82) is 0 Å². The SMILES string of the molecule is CNC1CCc2cc(OC)c(OC)c(OC)c2-c2ccc(NCCN3CCCCC3)c(=O)cc21. The molecule has 0 amide bonds. The van der Waals surface area contributed by atoms with Crippen LogP contribution in [0, 0.1) is 0 Å². The van der Waals surface area contributed by atoms with Crippen molar-refractivity contribution in [3.63, 3.8) is 0 Å². The first-order chi connectivity index (χ1) is 16.6. The van der Waals surface area contributed by atoms with Crippen molar-refractivity contribution >= 4 is 5.69 Å². The largest absolute Gasteiger partial charge is 0.493 e. The molecule has 1 aliphatic carbocycles. The summed E-state index contributed by atoms with van der Waals surface area (Å²) in [6.45, 7) is 4.00. The number of hydrogen-bond acceptors (Lipinski definition) is 7. The molecule has 0 spiro atoms. The lowest BCUT2D eigenvalue weighted by atomic mass is 9.95. The zero-order chi connectivity index (χ0) is 24.1. The topological polar surface area (TPSA) is 72.1 Å². The summed E-state index contributed by atoms with van der Waals surface area (Å²) in [5.41, 5.74) is 4.66. The zero-order valence-corrected chi connectivity index (χ0v) is 20.8. The minimum absolute atomic E-state index is 0.00281. The molecule has 1 aliphatic heterocycles. The van der Waals surface area contributed by atoms with Gasteiger partial charge >= 0.3 is 0 Å².